The van der Waals surface area contributed by atoms with Crippen molar-refractivity contribution in [2.45, 2.75) is 208 Å². The zero-order chi connectivity index (χ0) is 67.9. The Hall–Kier alpha value is -8.77. The van der Waals surface area contributed by atoms with E-state index >= 15 is 0 Å². The molecule has 3 N–H and O–H groups in total. The number of aromatic carboxylic acids is 1. The van der Waals surface area contributed by atoms with Crippen molar-refractivity contribution in [3.63, 3.8) is 0 Å². The molecule has 0 saturated carbocycles. The highest BCUT2D eigenvalue weighted by atomic mass is 16.5. The number of rotatable bonds is 15. The molecule has 0 saturated heterocycles. The molecule has 94 heavy (non-hydrogen) atoms. The van der Waals surface area contributed by atoms with Crippen LogP contribution in [0.25, 0.3) is 0 Å². The minimum atomic E-state index is -0.933. The van der Waals surface area contributed by atoms with E-state index in [2.05, 4.69) is 184 Å². The number of hydrogen-bond donors (Lipinski definition) is 3. The van der Waals surface area contributed by atoms with Gasteiger partial charge in [0.05, 0.1) is 32.0 Å². The molecule has 3 aromatic heterocycles. The molecule has 0 atom stereocenters. The quantitative estimate of drug-likeness (QED) is 0.0821. The van der Waals surface area contributed by atoms with Crippen molar-refractivity contribution >= 4 is 18.1 Å². The monoisotopic (exact) mass is 1290 g/mol. The number of aromatic nitrogens is 3. The van der Waals surface area contributed by atoms with Crippen LogP contribution in [-0.2, 0) is 34.0 Å². The van der Waals surface area contributed by atoms with Crippen molar-refractivity contribution in [1.29, 1.82) is 0 Å². The van der Waals surface area contributed by atoms with Crippen LogP contribution in [0.4, 0.5) is 0 Å². The summed E-state index contributed by atoms with van der Waals surface area (Å²) in [6.45, 7) is 36.9. The Morgan fingerprint density at radius 1 is 0.479 bits per heavy atom. The van der Waals surface area contributed by atoms with Crippen LogP contribution < -0.4 is 9.47 Å². The van der Waals surface area contributed by atoms with E-state index in [1.54, 1.807) is 43.8 Å². The number of methoxy groups -OCH3 is 2. The summed E-state index contributed by atoms with van der Waals surface area (Å²) in [5.74, 6) is 4.45. The van der Waals surface area contributed by atoms with Gasteiger partial charge in [0.25, 0.3) is 0 Å². The second-order valence-corrected chi connectivity index (χ2v) is 23.2. The Labute approximate surface area is 567 Å². The number of esters is 1. The average Bonchev–Trinajstić information content (AvgIpc) is 0.987. The van der Waals surface area contributed by atoms with Crippen LogP contribution in [-0.4, -0.2) is 62.6 Å². The maximum Gasteiger partial charge on any atom is 0.373 e. The van der Waals surface area contributed by atoms with Crippen LogP contribution in [0.5, 0.6) is 17.2 Å². The van der Waals surface area contributed by atoms with Gasteiger partial charge in [-0.15, -0.1) is 0 Å². The number of carboxylic acids is 1. The highest BCUT2D eigenvalue weighted by molar-refractivity contribution is 5.89. The fourth-order valence-corrected chi connectivity index (χ4v) is 8.73. The van der Waals surface area contributed by atoms with Crippen LogP contribution >= 0.6 is 0 Å². The van der Waals surface area contributed by atoms with Crippen LogP contribution in [0.1, 0.15) is 263 Å². The van der Waals surface area contributed by atoms with Gasteiger partial charge in [0.2, 0.25) is 0 Å². The number of benzene rings is 5. The van der Waals surface area contributed by atoms with Crippen molar-refractivity contribution in [2.24, 2.45) is 0 Å². The number of pyridine rings is 3. The third kappa shape index (κ3) is 34.2. The van der Waals surface area contributed by atoms with Crippen LogP contribution in [0.3, 0.4) is 0 Å². The number of phenolic OH excluding ortho intramolecular Hbond substituents is 1. The Kier molecular flexibility index (Phi) is 49.5. The predicted molar refractivity (Wildman–Crippen MR) is 391 cm³/mol. The fraction of sp³-hybridized carbons (Fsp3) is 0.407. The lowest BCUT2D eigenvalue weighted by molar-refractivity contribution is -0.191. The summed E-state index contributed by atoms with van der Waals surface area (Å²) < 4.78 is 15.8. The van der Waals surface area contributed by atoms with E-state index in [4.69, 9.17) is 29.3 Å². The number of aryl methyl sites for hydroxylation is 2. The van der Waals surface area contributed by atoms with E-state index in [9.17, 15) is 14.7 Å². The molecule has 8 aromatic rings. The number of hydrogen-bond acceptors (Lipinski definition) is 12. The summed E-state index contributed by atoms with van der Waals surface area (Å²) in [6.07, 6.45) is 6.04. The van der Waals surface area contributed by atoms with Crippen molar-refractivity contribution in [2.75, 3.05) is 14.2 Å². The number of phenols is 1. The van der Waals surface area contributed by atoms with E-state index in [0.29, 0.717) is 59.3 Å². The van der Waals surface area contributed by atoms with Gasteiger partial charge >= 0.3 is 18.1 Å². The number of aliphatic hydroxyl groups excluding tert-OH is 1. The van der Waals surface area contributed by atoms with Crippen molar-refractivity contribution < 1.29 is 48.7 Å². The second kappa shape index (κ2) is 50.7. The SMILES string of the molecule is C.C.C.C.CC(C)c1ccc(C(=O)O)cn1.CC(C)c1ccc(CO)cn1.CC(C)c1ccccc1O.CC(C)c1ccccc1OCc1ccccc1.CCc1ccccc1C(C)C.COC(=O)c1ccc(C(C)C)nc1.COc1c(C)ccc(C(C)C)c1C.O=C=O. The highest BCUT2D eigenvalue weighted by Crippen LogP contribution is 2.30. The van der Waals surface area contributed by atoms with Crippen molar-refractivity contribution in [1.82, 2.24) is 15.0 Å². The van der Waals surface area contributed by atoms with Crippen molar-refractivity contribution in [3.8, 4) is 17.2 Å². The van der Waals surface area contributed by atoms with Gasteiger partial charge < -0.3 is 29.5 Å². The zero-order valence-corrected chi connectivity index (χ0v) is 56.9. The molecule has 516 valence electrons. The molecule has 0 radical (unpaired) electrons. The number of carbonyl (C=O) groups is 2. The van der Waals surface area contributed by atoms with E-state index in [1.807, 2.05) is 80.6 Å². The maximum absolute atomic E-state index is 11.0. The topological polar surface area (TPSA) is 195 Å². The first-order valence-corrected chi connectivity index (χ1v) is 30.8. The lowest BCUT2D eigenvalue weighted by atomic mass is 9.95. The first-order valence-electron chi connectivity index (χ1n) is 30.8. The first kappa shape index (κ1) is 91.6. The second-order valence-electron chi connectivity index (χ2n) is 23.2. The molecule has 0 fully saturated rings. The molecule has 0 amide bonds. The van der Waals surface area contributed by atoms with Crippen molar-refractivity contribution in [3.05, 3.63) is 249 Å². The number of ether oxygens (including phenoxy) is 3. The lowest BCUT2D eigenvalue weighted by Gasteiger charge is -2.15. The molecule has 5 aromatic carbocycles. The molecule has 0 spiro atoms. The van der Waals surface area contributed by atoms with Gasteiger partial charge in [0.1, 0.15) is 23.9 Å². The van der Waals surface area contributed by atoms with Crippen LogP contribution in [0.15, 0.2) is 170 Å². The average molecular weight is 1290 g/mol. The minimum Gasteiger partial charge on any atom is -0.508 e. The number of carbonyl (C=O) groups excluding carboxylic acids is 3. The standard InChI is InChI=1S/C16H18O.C12H18O.C11H16.C10H13NO2.C9H11NO2.C9H13NO.C9H12O.CO2.4CH4/c1-13(2)15-10-6-7-11-16(15)17-12-14-8-4-3-5-9-14;1-8(2)11-7-6-9(3)12(13-5)10(11)4;1-4-10-7-5-6-8-11(10)9(2)3;1-7(2)9-5-4-8(6-11-9)10(12)13-3;1-6(2)8-4-3-7(5-10-8)9(11)12;1-7(2)9-4-3-8(6-11)5-10-9;1-7(2)8-5-3-4-6-9(8)10;2-1-3;;;;/h3-11,13H,12H2,1-2H3;6-8H,1-5H3;5-9H,4H2,1-3H3;4-7H,1-3H3;3-6H,1-2H3,(H,11,12);3-5,7,11H,6H2,1-2H3;3-7,10H,1-2H3;;4*1H4. The molecule has 3 heterocycles. The first-order chi connectivity index (χ1) is 42.7. The Balaban J connectivity index is -0.000000498. The smallest absolute Gasteiger partial charge is 0.373 e. The zero-order valence-electron chi connectivity index (χ0n) is 56.9. The van der Waals surface area contributed by atoms with E-state index in [0.717, 1.165) is 46.1 Å². The highest BCUT2D eigenvalue weighted by Gasteiger charge is 2.12. The third-order valence-corrected chi connectivity index (χ3v) is 13.9. The fourth-order valence-electron chi connectivity index (χ4n) is 8.73. The summed E-state index contributed by atoms with van der Waals surface area (Å²) in [5.41, 5.74) is 14.9. The normalized spacial score (nSPS) is 9.73. The molecular weight excluding hydrogens is 1170 g/mol. The minimum absolute atomic E-state index is 0. The molecule has 0 aliphatic heterocycles. The molecule has 8 rings (SSSR count). The molecule has 0 bridgehead atoms. The molecule has 0 unspecified atom stereocenters. The van der Waals surface area contributed by atoms with E-state index in [1.165, 1.54) is 52.3 Å². The van der Waals surface area contributed by atoms with Crippen LogP contribution in [0, 0.1) is 13.8 Å². The Morgan fingerprint density at radius 2 is 0.904 bits per heavy atom. The summed E-state index contributed by atoms with van der Waals surface area (Å²) in [5, 5.41) is 26.6. The largest absolute Gasteiger partial charge is 0.508 e. The summed E-state index contributed by atoms with van der Waals surface area (Å²) in [7, 11) is 3.10. The molecule has 0 aliphatic rings. The van der Waals surface area contributed by atoms with Gasteiger partial charge in [0, 0.05) is 35.7 Å². The van der Waals surface area contributed by atoms with E-state index in [-0.39, 0.29) is 54.0 Å². The molecule has 0 aliphatic carbocycles. The molecule has 13 nitrogen and oxygen atoms in total. The Bertz CT molecular complexity index is 3300. The van der Waals surface area contributed by atoms with Gasteiger partial charge in [-0.2, -0.15) is 9.59 Å². The number of aliphatic hydroxyl groups is 1. The van der Waals surface area contributed by atoms with Crippen LogP contribution in [0.2, 0.25) is 0 Å². The van der Waals surface area contributed by atoms with Gasteiger partial charge in [0.15, 0.2) is 0 Å². The van der Waals surface area contributed by atoms with Gasteiger partial charge in [-0.25, -0.2) is 9.59 Å². The van der Waals surface area contributed by atoms with Gasteiger partial charge in [-0.1, -0.05) is 243 Å². The molecular formula is C81H117N3O10. The predicted octanol–water partition coefficient (Wildman–Crippen LogP) is 21.3. The number of carboxylic acid groups (broad SMARTS) is 1. The maximum atomic E-state index is 11.0. The van der Waals surface area contributed by atoms with Gasteiger partial charge in [-0.05, 0) is 154 Å². The number of nitrogens with zero attached hydrogens (tertiary/aromatic N) is 3. The molecule has 13 heteroatoms. The summed E-state index contributed by atoms with van der Waals surface area (Å²) >= 11 is 0. The third-order valence-electron chi connectivity index (χ3n) is 13.9. The van der Waals surface area contributed by atoms with E-state index < -0.39 is 5.97 Å². The number of aromatic hydroxyl groups is 1. The Morgan fingerprint density at radius 3 is 1.28 bits per heavy atom. The lowest BCUT2D eigenvalue weighted by Crippen LogP contribution is -2.02. The summed E-state index contributed by atoms with van der Waals surface area (Å²) in [6, 6.07) is 49.7. The van der Waals surface area contributed by atoms with Gasteiger partial charge in [-0.3, -0.25) is 15.0 Å². The number of para-hydroxylation sites is 2. The summed E-state index contributed by atoms with van der Waals surface area (Å²) in [4.78, 5) is 50.1.